The third-order valence-corrected chi connectivity index (χ3v) is 3.91. The maximum Gasteiger partial charge on any atom is 0.138 e. The van der Waals surface area contributed by atoms with Crippen molar-refractivity contribution in [1.82, 2.24) is 14.8 Å². The van der Waals surface area contributed by atoms with Crippen molar-refractivity contribution < 1.29 is 5.11 Å². The van der Waals surface area contributed by atoms with Crippen LogP contribution in [0.4, 0.5) is 0 Å². The Kier molecular flexibility index (Phi) is 4.15. The molecule has 1 aromatic heterocycles. The van der Waals surface area contributed by atoms with Crippen molar-refractivity contribution in [2.45, 2.75) is 58.4 Å². The molecule has 0 unspecified atom stereocenters. The van der Waals surface area contributed by atoms with Crippen molar-refractivity contribution in [2.75, 3.05) is 6.61 Å². The molecule has 17 heavy (non-hydrogen) atoms. The molecule has 0 bridgehead atoms. The zero-order valence-corrected chi connectivity index (χ0v) is 10.7. The Labute approximate surface area is 103 Å². The lowest BCUT2D eigenvalue weighted by atomic mass is 9.72. The van der Waals surface area contributed by atoms with Gasteiger partial charge in [-0.25, -0.2) is 4.98 Å². The van der Waals surface area contributed by atoms with E-state index in [9.17, 15) is 5.11 Å². The Bertz CT molecular complexity index is 342. The number of rotatable bonds is 5. The van der Waals surface area contributed by atoms with Crippen LogP contribution < -0.4 is 0 Å². The van der Waals surface area contributed by atoms with Gasteiger partial charge in [-0.2, -0.15) is 5.10 Å². The Balaban J connectivity index is 2.09. The van der Waals surface area contributed by atoms with E-state index >= 15 is 0 Å². The van der Waals surface area contributed by atoms with E-state index in [0.717, 1.165) is 38.1 Å². The molecule has 1 aliphatic carbocycles. The summed E-state index contributed by atoms with van der Waals surface area (Å²) in [6, 6.07) is 0. The van der Waals surface area contributed by atoms with E-state index in [1.54, 1.807) is 6.33 Å². The molecule has 4 nitrogen and oxygen atoms in total. The minimum Gasteiger partial charge on any atom is -0.396 e. The highest BCUT2D eigenvalue weighted by molar-refractivity contribution is 4.95. The lowest BCUT2D eigenvalue weighted by Gasteiger charge is -2.35. The number of aliphatic hydroxyl groups excluding tert-OH is 1. The molecule has 1 saturated carbocycles. The smallest absolute Gasteiger partial charge is 0.138 e. The van der Waals surface area contributed by atoms with Crippen molar-refractivity contribution in [2.24, 2.45) is 5.41 Å². The van der Waals surface area contributed by atoms with E-state index in [1.165, 1.54) is 19.3 Å². The number of nitrogens with zero attached hydrogens (tertiary/aromatic N) is 3. The maximum atomic E-state index is 9.70. The third kappa shape index (κ3) is 2.86. The summed E-state index contributed by atoms with van der Waals surface area (Å²) in [6.45, 7) is 3.36. The molecule has 0 atom stereocenters. The summed E-state index contributed by atoms with van der Waals surface area (Å²) in [4.78, 5) is 4.36. The summed E-state index contributed by atoms with van der Waals surface area (Å²) >= 11 is 0. The van der Waals surface area contributed by atoms with Gasteiger partial charge >= 0.3 is 0 Å². The fourth-order valence-corrected chi connectivity index (χ4v) is 2.85. The largest absolute Gasteiger partial charge is 0.396 e. The van der Waals surface area contributed by atoms with Gasteiger partial charge < -0.3 is 5.11 Å². The van der Waals surface area contributed by atoms with Crippen LogP contribution in [0.2, 0.25) is 0 Å². The van der Waals surface area contributed by atoms with Crippen LogP contribution in [0.1, 0.15) is 51.3 Å². The molecular weight excluding hydrogens is 214 g/mol. The summed E-state index contributed by atoms with van der Waals surface area (Å²) in [5, 5.41) is 14.0. The van der Waals surface area contributed by atoms with Crippen LogP contribution in [0.3, 0.4) is 0 Å². The third-order valence-electron chi connectivity index (χ3n) is 3.91. The van der Waals surface area contributed by atoms with Gasteiger partial charge in [0.05, 0.1) is 0 Å². The van der Waals surface area contributed by atoms with E-state index in [0.29, 0.717) is 0 Å². The van der Waals surface area contributed by atoms with Crippen LogP contribution >= 0.6 is 0 Å². The van der Waals surface area contributed by atoms with Gasteiger partial charge in [0, 0.05) is 25.0 Å². The summed E-state index contributed by atoms with van der Waals surface area (Å²) in [6.07, 6.45) is 9.63. The predicted octanol–water partition coefficient (Wildman–Crippen LogP) is 2.17. The number of hydrogen-bond donors (Lipinski definition) is 1. The predicted molar refractivity (Wildman–Crippen MR) is 66.6 cm³/mol. The van der Waals surface area contributed by atoms with Crippen molar-refractivity contribution in [3.05, 3.63) is 12.2 Å². The molecule has 0 amide bonds. The average molecular weight is 237 g/mol. The summed E-state index contributed by atoms with van der Waals surface area (Å²) in [5.41, 5.74) is 0.0662. The van der Waals surface area contributed by atoms with Crippen LogP contribution in [-0.2, 0) is 13.0 Å². The van der Waals surface area contributed by atoms with Gasteiger partial charge in [-0.15, -0.1) is 0 Å². The highest BCUT2D eigenvalue weighted by atomic mass is 16.3. The highest BCUT2D eigenvalue weighted by Crippen LogP contribution is 2.38. The van der Waals surface area contributed by atoms with E-state index in [1.807, 2.05) is 4.68 Å². The Morgan fingerprint density at radius 2 is 2.12 bits per heavy atom. The zero-order valence-electron chi connectivity index (χ0n) is 10.7. The molecule has 1 N–H and O–H groups in total. The first kappa shape index (κ1) is 12.6. The quantitative estimate of drug-likeness (QED) is 0.854. The number of aliphatic hydroxyl groups is 1. The van der Waals surface area contributed by atoms with Gasteiger partial charge in [0.25, 0.3) is 0 Å². The van der Waals surface area contributed by atoms with Gasteiger partial charge in [-0.05, 0) is 19.3 Å². The molecule has 2 rings (SSSR count). The van der Waals surface area contributed by atoms with Crippen LogP contribution in [0, 0.1) is 5.41 Å². The number of hydrogen-bond acceptors (Lipinski definition) is 3. The second kappa shape index (κ2) is 5.63. The molecule has 0 radical (unpaired) electrons. The van der Waals surface area contributed by atoms with E-state index < -0.39 is 0 Å². The minimum absolute atomic E-state index is 0.0662. The van der Waals surface area contributed by atoms with Crippen LogP contribution in [0.25, 0.3) is 0 Å². The van der Waals surface area contributed by atoms with Gasteiger partial charge in [-0.3, -0.25) is 4.68 Å². The fourth-order valence-electron chi connectivity index (χ4n) is 2.85. The normalized spacial score (nSPS) is 19.4. The molecule has 1 fully saturated rings. The molecule has 0 aromatic carbocycles. The lowest BCUT2D eigenvalue weighted by molar-refractivity contribution is 0.0791. The average Bonchev–Trinajstić information content (AvgIpc) is 2.78. The number of aromatic nitrogens is 3. The van der Waals surface area contributed by atoms with Gasteiger partial charge in [0.1, 0.15) is 12.2 Å². The molecule has 1 aromatic rings. The SMILES string of the molecule is CCCn1ncnc1CC1(CO)CCCCC1. The fraction of sp³-hybridized carbons (Fsp3) is 0.846. The first-order valence-corrected chi connectivity index (χ1v) is 6.77. The first-order valence-electron chi connectivity index (χ1n) is 6.77. The molecular formula is C13H23N3O. The van der Waals surface area contributed by atoms with Crippen molar-refractivity contribution >= 4 is 0 Å². The number of aryl methyl sites for hydroxylation is 1. The van der Waals surface area contributed by atoms with Crippen LogP contribution in [-0.4, -0.2) is 26.5 Å². The summed E-state index contributed by atoms with van der Waals surface area (Å²) in [5.74, 6) is 1.04. The first-order chi connectivity index (χ1) is 8.29. The Hall–Kier alpha value is -0.900. The standard InChI is InChI=1S/C13H23N3O/c1-2-8-16-12(14-11-15-16)9-13(10-17)6-4-3-5-7-13/h11,17H,2-10H2,1H3. The molecule has 0 saturated heterocycles. The van der Waals surface area contributed by atoms with Crippen molar-refractivity contribution in [3.8, 4) is 0 Å². The lowest BCUT2D eigenvalue weighted by Crippen LogP contribution is -2.32. The van der Waals surface area contributed by atoms with E-state index in [-0.39, 0.29) is 12.0 Å². The molecule has 4 heteroatoms. The maximum absolute atomic E-state index is 9.70. The second-order valence-electron chi connectivity index (χ2n) is 5.29. The van der Waals surface area contributed by atoms with Crippen LogP contribution in [0.5, 0.6) is 0 Å². The topological polar surface area (TPSA) is 50.9 Å². The monoisotopic (exact) mass is 237 g/mol. The highest BCUT2D eigenvalue weighted by Gasteiger charge is 2.33. The van der Waals surface area contributed by atoms with Gasteiger partial charge in [0.2, 0.25) is 0 Å². The molecule has 96 valence electrons. The Morgan fingerprint density at radius 1 is 1.35 bits per heavy atom. The van der Waals surface area contributed by atoms with E-state index in [4.69, 9.17) is 0 Å². The van der Waals surface area contributed by atoms with Crippen LogP contribution in [0.15, 0.2) is 6.33 Å². The second-order valence-corrected chi connectivity index (χ2v) is 5.29. The Morgan fingerprint density at radius 3 is 2.76 bits per heavy atom. The molecule has 1 aliphatic rings. The minimum atomic E-state index is 0.0662. The van der Waals surface area contributed by atoms with Crippen molar-refractivity contribution in [3.63, 3.8) is 0 Å². The van der Waals surface area contributed by atoms with Gasteiger partial charge in [0.15, 0.2) is 0 Å². The summed E-state index contributed by atoms with van der Waals surface area (Å²) in [7, 11) is 0. The molecule has 0 aliphatic heterocycles. The molecule has 0 spiro atoms. The molecule has 1 heterocycles. The van der Waals surface area contributed by atoms with Gasteiger partial charge in [-0.1, -0.05) is 26.2 Å². The van der Waals surface area contributed by atoms with Crippen molar-refractivity contribution in [1.29, 1.82) is 0 Å². The summed E-state index contributed by atoms with van der Waals surface area (Å²) < 4.78 is 1.99. The van der Waals surface area contributed by atoms with E-state index in [2.05, 4.69) is 17.0 Å². The zero-order chi connectivity index (χ0) is 12.1.